The summed E-state index contributed by atoms with van der Waals surface area (Å²) in [6, 6.07) is 9.49. The fourth-order valence-electron chi connectivity index (χ4n) is 1.80. The zero-order chi connectivity index (χ0) is 12.4. The number of carbonyl (C=O) groups excluding carboxylic acids is 1. The molecule has 0 bridgehead atoms. The van der Waals surface area contributed by atoms with E-state index in [0.717, 1.165) is 28.9 Å². The van der Waals surface area contributed by atoms with Crippen LogP contribution in [0.15, 0.2) is 34.7 Å². The van der Waals surface area contributed by atoms with Gasteiger partial charge in [0.15, 0.2) is 5.76 Å². The number of aryl methyl sites for hydroxylation is 3. The molecule has 0 saturated heterocycles. The van der Waals surface area contributed by atoms with Gasteiger partial charge in [-0.1, -0.05) is 24.6 Å². The van der Waals surface area contributed by atoms with Gasteiger partial charge in [0.1, 0.15) is 5.76 Å². The van der Waals surface area contributed by atoms with Crippen molar-refractivity contribution in [3.63, 3.8) is 0 Å². The summed E-state index contributed by atoms with van der Waals surface area (Å²) in [6.07, 6.45) is 0.806. The highest BCUT2D eigenvalue weighted by molar-refractivity contribution is 6.08. The summed E-state index contributed by atoms with van der Waals surface area (Å²) < 4.78 is 5.49. The van der Waals surface area contributed by atoms with Crippen molar-refractivity contribution in [3.05, 3.63) is 58.5 Å². The van der Waals surface area contributed by atoms with E-state index >= 15 is 0 Å². The predicted octanol–water partition coefficient (Wildman–Crippen LogP) is 3.69. The van der Waals surface area contributed by atoms with Crippen LogP contribution in [0.4, 0.5) is 0 Å². The first kappa shape index (κ1) is 11.6. The summed E-state index contributed by atoms with van der Waals surface area (Å²) in [5.74, 6) is 1.24. The smallest absolute Gasteiger partial charge is 0.228 e. The Morgan fingerprint density at radius 3 is 2.59 bits per heavy atom. The number of hydrogen-bond acceptors (Lipinski definition) is 2. The van der Waals surface area contributed by atoms with Crippen LogP contribution in [-0.4, -0.2) is 5.78 Å². The van der Waals surface area contributed by atoms with Crippen LogP contribution in [-0.2, 0) is 6.42 Å². The van der Waals surface area contributed by atoms with Gasteiger partial charge in [0.05, 0.1) is 0 Å². The summed E-state index contributed by atoms with van der Waals surface area (Å²) >= 11 is 0. The molecule has 1 aromatic carbocycles. The summed E-state index contributed by atoms with van der Waals surface area (Å²) in [5, 5.41) is 0. The molecule has 0 unspecified atom stereocenters. The monoisotopic (exact) mass is 228 g/mol. The fourth-order valence-corrected chi connectivity index (χ4v) is 1.80. The van der Waals surface area contributed by atoms with Crippen LogP contribution in [0.2, 0.25) is 0 Å². The van der Waals surface area contributed by atoms with Crippen molar-refractivity contribution in [2.75, 3.05) is 0 Å². The molecule has 0 radical (unpaired) electrons. The van der Waals surface area contributed by atoms with Gasteiger partial charge in [0.2, 0.25) is 5.78 Å². The first-order chi connectivity index (χ1) is 8.11. The zero-order valence-electron chi connectivity index (χ0n) is 10.4. The molecule has 0 N–H and O–H groups in total. The molecule has 0 amide bonds. The molecule has 0 fully saturated rings. The van der Waals surface area contributed by atoms with Crippen LogP contribution in [0.5, 0.6) is 0 Å². The molecule has 1 aromatic heterocycles. The molecule has 2 heteroatoms. The van der Waals surface area contributed by atoms with Gasteiger partial charge < -0.3 is 4.42 Å². The Kier molecular flexibility index (Phi) is 3.14. The van der Waals surface area contributed by atoms with Gasteiger partial charge >= 0.3 is 0 Å². The molecule has 88 valence electrons. The summed E-state index contributed by atoms with van der Waals surface area (Å²) in [4.78, 5) is 12.3. The van der Waals surface area contributed by atoms with E-state index in [1.807, 2.05) is 45.0 Å². The molecule has 0 saturated carbocycles. The van der Waals surface area contributed by atoms with E-state index in [0.29, 0.717) is 5.76 Å². The Morgan fingerprint density at radius 1 is 1.18 bits per heavy atom. The molecule has 0 atom stereocenters. The fraction of sp³-hybridized carbons (Fsp3) is 0.267. The van der Waals surface area contributed by atoms with Crippen LogP contribution in [0.1, 0.15) is 39.9 Å². The van der Waals surface area contributed by atoms with Gasteiger partial charge in [0, 0.05) is 12.0 Å². The normalized spacial score (nSPS) is 10.5. The van der Waals surface area contributed by atoms with E-state index in [9.17, 15) is 4.79 Å². The number of carbonyl (C=O) groups is 1. The third-order valence-electron chi connectivity index (χ3n) is 2.87. The molecule has 0 aliphatic rings. The number of benzene rings is 1. The van der Waals surface area contributed by atoms with Crippen LogP contribution < -0.4 is 0 Å². The first-order valence-electron chi connectivity index (χ1n) is 5.82. The molecule has 2 nitrogen and oxygen atoms in total. The molecule has 1 heterocycles. The van der Waals surface area contributed by atoms with E-state index < -0.39 is 0 Å². The topological polar surface area (TPSA) is 30.2 Å². The summed E-state index contributed by atoms with van der Waals surface area (Å²) in [7, 11) is 0. The lowest BCUT2D eigenvalue weighted by Crippen LogP contribution is -2.02. The van der Waals surface area contributed by atoms with E-state index in [-0.39, 0.29) is 5.78 Å². The first-order valence-corrected chi connectivity index (χ1v) is 5.82. The molecule has 2 rings (SSSR count). The third kappa shape index (κ3) is 2.31. The van der Waals surface area contributed by atoms with Crippen LogP contribution in [0.3, 0.4) is 0 Å². The minimum atomic E-state index is -0.0362. The molecule has 0 aliphatic heterocycles. The van der Waals surface area contributed by atoms with E-state index in [4.69, 9.17) is 4.42 Å². The number of rotatable bonds is 3. The maximum Gasteiger partial charge on any atom is 0.228 e. The summed E-state index contributed by atoms with van der Waals surface area (Å²) in [6.45, 7) is 5.93. The van der Waals surface area contributed by atoms with E-state index in [2.05, 4.69) is 0 Å². The lowest BCUT2D eigenvalue weighted by molar-refractivity contribution is 0.101. The average Bonchev–Trinajstić information content (AvgIpc) is 2.80. The Balaban J connectivity index is 2.39. The number of hydrogen-bond donors (Lipinski definition) is 0. The van der Waals surface area contributed by atoms with Crippen molar-refractivity contribution in [1.29, 1.82) is 0 Å². The predicted molar refractivity (Wildman–Crippen MR) is 67.4 cm³/mol. The number of ketones is 1. The highest BCUT2D eigenvalue weighted by Crippen LogP contribution is 2.18. The maximum absolute atomic E-state index is 12.3. The Labute approximate surface area is 101 Å². The van der Waals surface area contributed by atoms with Crippen LogP contribution in [0, 0.1) is 13.8 Å². The van der Waals surface area contributed by atoms with Gasteiger partial charge in [-0.2, -0.15) is 0 Å². The largest absolute Gasteiger partial charge is 0.458 e. The van der Waals surface area contributed by atoms with Crippen molar-refractivity contribution in [2.45, 2.75) is 27.2 Å². The van der Waals surface area contributed by atoms with Crippen molar-refractivity contribution in [1.82, 2.24) is 0 Å². The Bertz CT molecular complexity index is 550. The van der Waals surface area contributed by atoms with Gasteiger partial charge in [-0.3, -0.25) is 4.79 Å². The van der Waals surface area contributed by atoms with E-state index in [1.165, 1.54) is 0 Å². The van der Waals surface area contributed by atoms with Crippen molar-refractivity contribution < 1.29 is 9.21 Å². The highest BCUT2D eigenvalue weighted by Gasteiger charge is 2.15. The van der Waals surface area contributed by atoms with Gasteiger partial charge in [-0.05, 0) is 37.6 Å². The van der Waals surface area contributed by atoms with Crippen LogP contribution >= 0.6 is 0 Å². The summed E-state index contributed by atoms with van der Waals surface area (Å²) in [5.41, 5.74) is 2.79. The van der Waals surface area contributed by atoms with E-state index in [1.54, 1.807) is 6.07 Å². The second-order valence-corrected chi connectivity index (χ2v) is 4.27. The van der Waals surface area contributed by atoms with Crippen LogP contribution in [0.25, 0.3) is 0 Å². The van der Waals surface area contributed by atoms with Crippen molar-refractivity contribution in [2.24, 2.45) is 0 Å². The van der Waals surface area contributed by atoms with Gasteiger partial charge in [-0.25, -0.2) is 0 Å². The minimum Gasteiger partial charge on any atom is -0.458 e. The third-order valence-corrected chi connectivity index (χ3v) is 2.87. The quantitative estimate of drug-likeness (QED) is 0.750. The number of furan rings is 1. The maximum atomic E-state index is 12.3. The van der Waals surface area contributed by atoms with Crippen molar-refractivity contribution in [3.8, 4) is 0 Å². The Hall–Kier alpha value is -1.83. The molecular formula is C15H16O2. The standard InChI is InChI=1S/C15H16O2/c1-4-12-7-8-14(17-12)15(16)13-9-10(2)5-6-11(13)3/h5-9H,4H2,1-3H3. The van der Waals surface area contributed by atoms with Gasteiger partial charge in [-0.15, -0.1) is 0 Å². The second kappa shape index (κ2) is 4.58. The lowest BCUT2D eigenvalue weighted by atomic mass is 10.0. The second-order valence-electron chi connectivity index (χ2n) is 4.27. The average molecular weight is 228 g/mol. The SMILES string of the molecule is CCc1ccc(C(=O)c2cc(C)ccc2C)o1. The highest BCUT2D eigenvalue weighted by atomic mass is 16.3. The zero-order valence-corrected chi connectivity index (χ0v) is 10.4. The molecule has 0 spiro atoms. The molecule has 0 aliphatic carbocycles. The molecule has 2 aromatic rings. The minimum absolute atomic E-state index is 0.0362. The molecule has 17 heavy (non-hydrogen) atoms. The van der Waals surface area contributed by atoms with Gasteiger partial charge in [0.25, 0.3) is 0 Å². The lowest BCUT2D eigenvalue weighted by Gasteiger charge is -2.04. The molecular weight excluding hydrogens is 212 g/mol. The Morgan fingerprint density at radius 2 is 1.94 bits per heavy atom. The van der Waals surface area contributed by atoms with Crippen molar-refractivity contribution >= 4 is 5.78 Å².